The number of alkyl halides is 1. The summed E-state index contributed by atoms with van der Waals surface area (Å²) in [5, 5.41) is 27.2. The number of carbonyl (C=O) groups excluding carboxylic acids is 4. The van der Waals surface area contributed by atoms with E-state index in [9.17, 15) is 28.8 Å². The molecule has 0 radical (unpaired) electrons. The number of halogens is 1. The topological polar surface area (TPSA) is 220 Å². The van der Waals surface area contributed by atoms with Gasteiger partial charge in [0, 0.05) is 10.8 Å². The molecule has 0 unspecified atom stereocenters. The summed E-state index contributed by atoms with van der Waals surface area (Å²) in [6.07, 6.45) is -1.12. The molecule has 0 aliphatic heterocycles. The number of aromatic carboxylic acids is 2. The van der Waals surface area contributed by atoms with Crippen molar-refractivity contribution < 1.29 is 53.2 Å². The van der Waals surface area contributed by atoms with E-state index in [1.54, 1.807) is 70.5 Å². The van der Waals surface area contributed by atoms with Crippen LogP contribution in [0.3, 0.4) is 0 Å². The number of methoxy groups -OCH3 is 1. The first kappa shape index (κ1) is 44.9. The predicted octanol–water partition coefficient (Wildman–Crippen LogP) is 9.95. The quantitative estimate of drug-likeness (QED) is 0.0469. The Hall–Kier alpha value is -4.54. The summed E-state index contributed by atoms with van der Waals surface area (Å²) < 4.78 is 15.0. The minimum absolute atomic E-state index is 0.0903. The maximum atomic E-state index is 11.7. The smallest absolute Gasteiger partial charge is 0.413 e. The van der Waals surface area contributed by atoms with E-state index < -0.39 is 35.3 Å². The first-order valence-electron chi connectivity index (χ1n) is 15.5. The summed E-state index contributed by atoms with van der Waals surface area (Å²) in [7, 11) is 1.34. The lowest BCUT2D eigenvalue weighted by molar-refractivity contribution is 0.0601. The molecule has 0 aromatic carbocycles. The summed E-state index contributed by atoms with van der Waals surface area (Å²) in [5.41, 5.74) is 0.182. The minimum Gasteiger partial charge on any atom is -0.477 e. The Labute approximate surface area is 343 Å². The van der Waals surface area contributed by atoms with Crippen LogP contribution in [-0.2, 0) is 14.2 Å². The third kappa shape index (κ3) is 14.9. The standard InChI is InChI=1S/C14H16N2O4S2.C13H14N2O4S2.C7H5BrO3S/c1-14(2,3)20-13(18)16-12-15-8(7-21-12)9-5-6-10(22-9)11(17)19-4;1-13(2,3)19-12(18)15-11-14-7(6-20-11)8-4-5-9(21-8)10(16)17;8-3-4(9)5-1-2-6(12-5)7(10)11/h5-7H,1-4H3,(H,15,16,18);4-6H,1-3H3,(H,16,17)(H,14,15,18);1-2H,3H2,(H,10,11). The van der Waals surface area contributed by atoms with E-state index in [0.29, 0.717) is 31.4 Å². The van der Waals surface area contributed by atoms with Gasteiger partial charge >= 0.3 is 30.1 Å². The van der Waals surface area contributed by atoms with Crippen LogP contribution in [-0.4, -0.2) is 79.7 Å². The molecule has 0 spiro atoms. The van der Waals surface area contributed by atoms with Crippen molar-refractivity contribution in [2.45, 2.75) is 52.7 Å². The van der Waals surface area contributed by atoms with Gasteiger partial charge < -0.3 is 24.4 Å². The lowest BCUT2D eigenvalue weighted by Crippen LogP contribution is -2.27. The number of ketones is 1. The van der Waals surface area contributed by atoms with Crippen LogP contribution in [0, 0.1) is 0 Å². The highest BCUT2D eigenvalue weighted by atomic mass is 79.9. The third-order valence-corrected chi connectivity index (χ3v) is 11.1. The van der Waals surface area contributed by atoms with Gasteiger partial charge in [-0.3, -0.25) is 15.4 Å². The number of nitrogens with zero attached hydrogens (tertiary/aromatic N) is 2. The number of esters is 1. The van der Waals surface area contributed by atoms with Gasteiger partial charge in [-0.25, -0.2) is 33.9 Å². The van der Waals surface area contributed by atoms with Crippen LogP contribution in [0.2, 0.25) is 0 Å². The number of anilines is 2. The fraction of sp³-hybridized carbons (Fsp3) is 0.294. The molecular weight excluding hydrogens is 881 g/mol. The number of nitrogens with one attached hydrogen (secondary N) is 2. The predicted molar refractivity (Wildman–Crippen MR) is 218 cm³/mol. The molecule has 15 nitrogen and oxygen atoms in total. The number of aromatic nitrogens is 2. The van der Waals surface area contributed by atoms with E-state index in [0.717, 1.165) is 32.4 Å². The van der Waals surface area contributed by atoms with Gasteiger partial charge in [0.1, 0.15) is 25.8 Å². The van der Waals surface area contributed by atoms with Crippen molar-refractivity contribution >= 4 is 119 Å². The zero-order chi connectivity index (χ0) is 41.1. The lowest BCUT2D eigenvalue weighted by Gasteiger charge is -2.18. The van der Waals surface area contributed by atoms with Crippen LogP contribution in [0.15, 0.2) is 47.2 Å². The Kier molecular flexibility index (Phi) is 16.2. The Bertz CT molecular complexity index is 2140. The highest BCUT2D eigenvalue weighted by Crippen LogP contribution is 2.32. The largest absolute Gasteiger partial charge is 0.477 e. The first-order chi connectivity index (χ1) is 25.7. The van der Waals surface area contributed by atoms with Crippen molar-refractivity contribution in [3.05, 3.63) is 66.7 Å². The van der Waals surface area contributed by atoms with Crippen LogP contribution in [0.1, 0.15) is 80.2 Å². The molecule has 5 rings (SSSR count). The zero-order valence-corrected chi connectivity index (χ0v) is 35.9. The van der Waals surface area contributed by atoms with E-state index in [1.807, 2.05) is 0 Å². The summed E-state index contributed by atoms with van der Waals surface area (Å²) in [6.45, 7) is 10.7. The number of carboxylic acids is 2. The number of carbonyl (C=O) groups is 6. The minimum atomic E-state index is -0.992. The number of hydrogen-bond acceptors (Lipinski definition) is 16. The molecule has 5 aromatic heterocycles. The molecular formula is C34H35BrN4O11S5. The Morgan fingerprint density at radius 3 is 1.44 bits per heavy atom. The second kappa shape index (κ2) is 19.9. The summed E-state index contributed by atoms with van der Waals surface area (Å²) in [5.74, 6) is -2.42. The maximum absolute atomic E-state index is 11.7. The average molecular weight is 916 g/mol. The van der Waals surface area contributed by atoms with Gasteiger partial charge in [-0.2, -0.15) is 0 Å². The van der Waals surface area contributed by atoms with E-state index >= 15 is 0 Å². The molecule has 21 heteroatoms. The number of rotatable bonds is 9. The third-order valence-electron chi connectivity index (χ3n) is 5.75. The number of carboxylic acid groups (broad SMARTS) is 2. The normalized spacial score (nSPS) is 10.8. The van der Waals surface area contributed by atoms with Gasteiger partial charge in [0.15, 0.2) is 16.0 Å². The van der Waals surface area contributed by atoms with Crippen molar-refractivity contribution in [3.63, 3.8) is 0 Å². The van der Waals surface area contributed by atoms with Crippen LogP contribution < -0.4 is 10.6 Å². The van der Waals surface area contributed by atoms with E-state index in [-0.39, 0.29) is 26.8 Å². The molecule has 5 heterocycles. The summed E-state index contributed by atoms with van der Waals surface area (Å²) >= 11 is 8.97. The van der Waals surface area contributed by atoms with E-state index in [1.165, 1.54) is 59.3 Å². The molecule has 2 amide bonds. The fourth-order valence-electron chi connectivity index (χ4n) is 3.62. The van der Waals surface area contributed by atoms with Crippen LogP contribution in [0.25, 0.3) is 21.1 Å². The van der Waals surface area contributed by atoms with Crippen molar-refractivity contribution in [2.75, 3.05) is 23.1 Å². The lowest BCUT2D eigenvalue weighted by atomic mass is 10.2. The van der Waals surface area contributed by atoms with Gasteiger partial charge in [0.2, 0.25) is 0 Å². The van der Waals surface area contributed by atoms with Crippen LogP contribution >= 0.6 is 72.6 Å². The molecule has 0 saturated heterocycles. The van der Waals surface area contributed by atoms with Gasteiger partial charge in [-0.05, 0) is 77.9 Å². The van der Waals surface area contributed by atoms with Crippen LogP contribution in [0.4, 0.5) is 19.9 Å². The monoisotopic (exact) mass is 914 g/mol. The van der Waals surface area contributed by atoms with Crippen molar-refractivity contribution in [1.82, 2.24) is 9.97 Å². The molecule has 0 atom stereocenters. The van der Waals surface area contributed by atoms with Crippen molar-refractivity contribution in [2.24, 2.45) is 0 Å². The second-order valence-electron chi connectivity index (χ2n) is 12.5. The molecule has 5 aromatic rings. The molecule has 0 saturated carbocycles. The Balaban J connectivity index is 0.000000231. The first-order valence-corrected chi connectivity index (χ1v) is 20.9. The second-order valence-corrected chi connectivity index (χ2v) is 18.0. The van der Waals surface area contributed by atoms with Crippen LogP contribution in [0.5, 0.6) is 0 Å². The SMILES string of the molecule is CC(C)(C)OC(=O)Nc1nc(-c2ccc(C(=O)O)s2)cs1.COC(=O)c1ccc(-c2csc(NC(=O)OC(C)(C)C)n2)s1.O=C(O)c1ccc(C(=O)CBr)s1. The van der Waals surface area contributed by atoms with E-state index in [2.05, 4.69) is 41.3 Å². The number of thiophene rings is 3. The highest BCUT2D eigenvalue weighted by Gasteiger charge is 2.20. The maximum Gasteiger partial charge on any atom is 0.413 e. The molecule has 55 heavy (non-hydrogen) atoms. The summed E-state index contributed by atoms with van der Waals surface area (Å²) in [4.78, 5) is 78.6. The molecule has 0 aliphatic rings. The fourth-order valence-corrected chi connectivity index (χ4v) is 8.12. The van der Waals surface area contributed by atoms with Gasteiger partial charge in [0.05, 0.1) is 38.5 Å². The molecule has 4 N–H and O–H groups in total. The molecule has 0 aliphatic carbocycles. The molecule has 294 valence electrons. The van der Waals surface area contributed by atoms with Crippen molar-refractivity contribution in [3.8, 4) is 21.1 Å². The number of Topliss-reactive ketones (excluding diaryl/α,β-unsaturated/α-hetero) is 1. The van der Waals surface area contributed by atoms with E-state index in [4.69, 9.17) is 19.7 Å². The number of amides is 2. The highest BCUT2D eigenvalue weighted by molar-refractivity contribution is 9.09. The Morgan fingerprint density at radius 2 is 1.05 bits per heavy atom. The number of hydrogen-bond donors (Lipinski definition) is 4. The number of thiazole rings is 2. The number of ether oxygens (including phenoxy) is 3. The zero-order valence-electron chi connectivity index (χ0n) is 30.2. The average Bonchev–Trinajstić information content (AvgIpc) is 3.91. The van der Waals surface area contributed by atoms with Gasteiger partial charge in [0.25, 0.3) is 0 Å². The molecule has 0 bridgehead atoms. The van der Waals surface area contributed by atoms with Gasteiger partial charge in [-0.15, -0.1) is 56.7 Å². The van der Waals surface area contributed by atoms with Gasteiger partial charge in [-0.1, -0.05) is 15.9 Å². The van der Waals surface area contributed by atoms with Crippen molar-refractivity contribution in [1.29, 1.82) is 0 Å². The molecule has 0 fully saturated rings. The summed E-state index contributed by atoms with van der Waals surface area (Å²) in [6, 6.07) is 9.67. The Morgan fingerprint density at radius 1 is 0.655 bits per heavy atom.